The summed E-state index contributed by atoms with van der Waals surface area (Å²) in [5.74, 6) is -0.946. The lowest BCUT2D eigenvalue weighted by molar-refractivity contribution is -0.244. The lowest BCUT2D eigenvalue weighted by Gasteiger charge is -2.53. The Morgan fingerprint density at radius 1 is 1.07 bits per heavy atom. The molecule has 2 aliphatic heterocycles. The van der Waals surface area contributed by atoms with E-state index in [0.29, 0.717) is 24.2 Å². The highest BCUT2D eigenvalue weighted by atomic mass is 16.7. The molecule has 1 aromatic heterocycles. The first-order valence-electron chi connectivity index (χ1n) is 9.55. The van der Waals surface area contributed by atoms with Gasteiger partial charge in [-0.3, -0.25) is 9.69 Å². The molecule has 5 rings (SSSR count). The van der Waals surface area contributed by atoms with Gasteiger partial charge in [-0.2, -0.15) is 0 Å². The molecule has 0 radical (unpaired) electrons. The van der Waals surface area contributed by atoms with Crippen molar-refractivity contribution >= 4 is 11.6 Å². The monoisotopic (exact) mass is 391 g/mol. The van der Waals surface area contributed by atoms with Crippen LogP contribution < -0.4 is 9.64 Å². The quantitative estimate of drug-likeness (QED) is 0.686. The molecule has 1 amide bonds. The molecule has 3 aromatic rings. The largest absolute Gasteiger partial charge is 0.497 e. The summed E-state index contributed by atoms with van der Waals surface area (Å²) in [7, 11) is 1.60. The average molecular weight is 391 g/mol. The van der Waals surface area contributed by atoms with E-state index in [0.717, 1.165) is 11.3 Å². The molecule has 0 aliphatic carbocycles. The number of anilines is 1. The Labute approximate surface area is 168 Å². The van der Waals surface area contributed by atoms with Gasteiger partial charge >= 0.3 is 0 Å². The topological polar surface area (TPSA) is 72.1 Å². The summed E-state index contributed by atoms with van der Waals surface area (Å²) in [6, 6.07) is 18.0. The zero-order chi connectivity index (χ0) is 20.1. The van der Waals surface area contributed by atoms with Gasteiger partial charge in [0.05, 0.1) is 19.6 Å². The maximum Gasteiger partial charge on any atom is 0.262 e. The number of furan rings is 1. The smallest absolute Gasteiger partial charge is 0.262 e. The molecular formula is C23H21NO5. The van der Waals surface area contributed by atoms with Crippen molar-refractivity contribution in [2.45, 2.75) is 30.3 Å². The first-order valence-corrected chi connectivity index (χ1v) is 9.55. The van der Waals surface area contributed by atoms with Gasteiger partial charge in [-0.05, 0) is 36.8 Å². The van der Waals surface area contributed by atoms with Crippen LogP contribution in [0.15, 0.2) is 77.6 Å². The molecule has 0 saturated carbocycles. The Hall–Kier alpha value is -3.09. The minimum atomic E-state index is -1.50. The van der Waals surface area contributed by atoms with Crippen molar-refractivity contribution in [3.8, 4) is 5.75 Å². The molecule has 0 unspecified atom stereocenters. The van der Waals surface area contributed by atoms with E-state index < -0.39 is 11.4 Å². The van der Waals surface area contributed by atoms with Crippen molar-refractivity contribution < 1.29 is 23.8 Å². The number of hydrogen-bond donors (Lipinski definition) is 1. The molecule has 2 fully saturated rings. The first kappa shape index (κ1) is 18.0. The number of nitrogens with zero attached hydrogens (tertiary/aromatic N) is 1. The molecule has 1 N–H and O–H groups in total. The number of rotatable bonds is 4. The number of amides is 1. The van der Waals surface area contributed by atoms with Crippen molar-refractivity contribution in [1.82, 2.24) is 0 Å². The highest BCUT2D eigenvalue weighted by Gasteiger charge is 2.69. The standard InChI is InChI=1S/C23H21NO5/c1-27-19-9-7-18(8-10-19)24-20(16-11-14-28-15-16)22(21(24)25)12-13-23(26,29-22)17-5-3-2-4-6-17/h2-11,14-15,20,26H,12-13H2,1H3/t20-,22+,23+/m0/s1. The Morgan fingerprint density at radius 2 is 1.83 bits per heavy atom. The van der Waals surface area contributed by atoms with E-state index in [9.17, 15) is 9.90 Å². The number of methoxy groups -OCH3 is 1. The van der Waals surface area contributed by atoms with E-state index in [4.69, 9.17) is 13.9 Å². The second kappa shape index (κ2) is 6.47. The number of benzene rings is 2. The minimum Gasteiger partial charge on any atom is -0.497 e. The normalized spacial score (nSPS) is 28.6. The van der Waals surface area contributed by atoms with E-state index >= 15 is 0 Å². The van der Waals surface area contributed by atoms with Crippen LogP contribution >= 0.6 is 0 Å². The zero-order valence-electron chi connectivity index (χ0n) is 15.9. The third kappa shape index (κ3) is 2.60. The fourth-order valence-electron chi connectivity index (χ4n) is 4.44. The summed E-state index contributed by atoms with van der Waals surface area (Å²) in [4.78, 5) is 15.1. The van der Waals surface area contributed by atoms with Gasteiger partial charge in [0, 0.05) is 23.2 Å². The fourth-order valence-corrected chi connectivity index (χ4v) is 4.44. The maximum absolute atomic E-state index is 13.4. The Morgan fingerprint density at radius 3 is 2.48 bits per heavy atom. The summed E-state index contributed by atoms with van der Waals surface area (Å²) in [6.45, 7) is 0. The van der Waals surface area contributed by atoms with E-state index in [1.807, 2.05) is 60.7 Å². The predicted molar refractivity (Wildman–Crippen MR) is 105 cm³/mol. The molecule has 29 heavy (non-hydrogen) atoms. The molecule has 2 aromatic carbocycles. The van der Waals surface area contributed by atoms with Gasteiger partial charge in [-0.1, -0.05) is 30.3 Å². The van der Waals surface area contributed by atoms with E-state index in [1.165, 1.54) is 0 Å². The molecule has 148 valence electrons. The second-order valence-electron chi connectivity index (χ2n) is 7.47. The van der Waals surface area contributed by atoms with Crippen LogP contribution in [-0.4, -0.2) is 23.7 Å². The van der Waals surface area contributed by atoms with Crippen molar-refractivity contribution in [2.24, 2.45) is 0 Å². The highest BCUT2D eigenvalue weighted by Crippen LogP contribution is 2.58. The molecule has 1 spiro atoms. The van der Waals surface area contributed by atoms with Crippen LogP contribution in [0.4, 0.5) is 5.69 Å². The Kier molecular flexibility index (Phi) is 4.01. The summed E-state index contributed by atoms with van der Waals surface area (Å²) in [5.41, 5.74) is 1.09. The maximum atomic E-state index is 13.4. The molecule has 3 atom stereocenters. The van der Waals surface area contributed by atoms with Gasteiger partial charge in [-0.25, -0.2) is 0 Å². The Bertz CT molecular complexity index is 1020. The lowest BCUT2D eigenvalue weighted by Crippen LogP contribution is -2.69. The van der Waals surface area contributed by atoms with Gasteiger partial charge in [-0.15, -0.1) is 0 Å². The van der Waals surface area contributed by atoms with Crippen LogP contribution in [0.5, 0.6) is 5.75 Å². The lowest BCUT2D eigenvalue weighted by atomic mass is 9.76. The fraction of sp³-hybridized carbons (Fsp3) is 0.261. The predicted octanol–water partition coefficient (Wildman–Crippen LogP) is 3.77. The van der Waals surface area contributed by atoms with Gasteiger partial charge < -0.3 is 19.0 Å². The molecule has 2 aliphatic rings. The van der Waals surface area contributed by atoms with E-state index in [1.54, 1.807) is 24.5 Å². The highest BCUT2D eigenvalue weighted by molar-refractivity contribution is 6.08. The molecule has 6 nitrogen and oxygen atoms in total. The summed E-state index contributed by atoms with van der Waals surface area (Å²) < 4.78 is 16.7. The van der Waals surface area contributed by atoms with Crippen LogP contribution in [0.3, 0.4) is 0 Å². The summed E-state index contributed by atoms with van der Waals surface area (Å²) >= 11 is 0. The van der Waals surface area contributed by atoms with Gasteiger partial charge in [0.25, 0.3) is 5.91 Å². The van der Waals surface area contributed by atoms with Crippen LogP contribution in [-0.2, 0) is 15.3 Å². The zero-order valence-corrected chi connectivity index (χ0v) is 15.9. The molecular weight excluding hydrogens is 370 g/mol. The Balaban J connectivity index is 1.53. The van der Waals surface area contributed by atoms with E-state index in [2.05, 4.69) is 0 Å². The first-order chi connectivity index (χ1) is 14.1. The third-order valence-electron chi connectivity index (χ3n) is 5.90. The molecule has 6 heteroatoms. The van der Waals surface area contributed by atoms with Crippen molar-refractivity contribution in [2.75, 3.05) is 12.0 Å². The molecule has 2 saturated heterocycles. The average Bonchev–Trinajstić information content (AvgIpc) is 3.42. The molecule has 0 bridgehead atoms. The van der Waals surface area contributed by atoms with Gasteiger partial charge in [0.1, 0.15) is 11.8 Å². The van der Waals surface area contributed by atoms with Crippen molar-refractivity contribution in [3.05, 3.63) is 84.3 Å². The number of carbonyl (C=O) groups is 1. The summed E-state index contributed by atoms with van der Waals surface area (Å²) in [5, 5.41) is 11.2. The number of ether oxygens (including phenoxy) is 2. The minimum absolute atomic E-state index is 0.166. The number of β-lactam (4-membered cyclic amide) rings is 1. The van der Waals surface area contributed by atoms with Crippen molar-refractivity contribution in [3.63, 3.8) is 0 Å². The van der Waals surface area contributed by atoms with Crippen LogP contribution in [0.25, 0.3) is 0 Å². The van der Waals surface area contributed by atoms with Crippen LogP contribution in [0.2, 0.25) is 0 Å². The van der Waals surface area contributed by atoms with Crippen LogP contribution in [0, 0.1) is 0 Å². The van der Waals surface area contributed by atoms with Gasteiger partial charge in [0.2, 0.25) is 0 Å². The van der Waals surface area contributed by atoms with Gasteiger partial charge in [0.15, 0.2) is 11.4 Å². The van der Waals surface area contributed by atoms with Crippen LogP contribution in [0.1, 0.15) is 30.0 Å². The SMILES string of the molecule is COc1ccc(N2C(=O)[C@@]3(CC[C@](O)(c4ccccc4)O3)[C@@H]2c2ccoc2)cc1. The summed E-state index contributed by atoms with van der Waals surface area (Å²) in [6.07, 6.45) is 3.96. The van der Waals surface area contributed by atoms with Crippen molar-refractivity contribution in [1.29, 1.82) is 0 Å². The number of aliphatic hydroxyl groups is 1. The van der Waals surface area contributed by atoms with E-state index in [-0.39, 0.29) is 11.9 Å². The number of hydrogen-bond acceptors (Lipinski definition) is 5. The second-order valence-corrected chi connectivity index (χ2v) is 7.47. The molecule has 3 heterocycles. The third-order valence-corrected chi connectivity index (χ3v) is 5.90. The number of carbonyl (C=O) groups excluding carboxylic acids is 1.